The number of pyridine rings is 1. The van der Waals surface area contributed by atoms with E-state index >= 15 is 0 Å². The predicted molar refractivity (Wildman–Crippen MR) is 100 cm³/mol. The molecule has 136 valence electrons. The standard InChI is InChI=1S/C21H25N3O2/c25-20-10-9-18(16-24(20)15-12-19-8-4-5-13-22-19)21(26)23-14-11-17-6-2-1-3-7-17/h1-8,13,18H,9-12,14-16H2,(H,23,26). The van der Waals surface area contributed by atoms with Gasteiger partial charge in [0.1, 0.15) is 0 Å². The van der Waals surface area contributed by atoms with E-state index in [1.54, 1.807) is 11.1 Å². The fourth-order valence-electron chi connectivity index (χ4n) is 3.26. The summed E-state index contributed by atoms with van der Waals surface area (Å²) in [5.41, 5.74) is 2.18. The number of amides is 2. The summed E-state index contributed by atoms with van der Waals surface area (Å²) >= 11 is 0. The Balaban J connectivity index is 1.45. The number of nitrogens with one attached hydrogen (secondary N) is 1. The van der Waals surface area contributed by atoms with E-state index < -0.39 is 0 Å². The molecule has 2 heterocycles. The second-order valence-electron chi connectivity index (χ2n) is 6.67. The number of nitrogens with zero attached hydrogens (tertiary/aromatic N) is 2. The fourth-order valence-corrected chi connectivity index (χ4v) is 3.26. The van der Waals surface area contributed by atoms with Crippen molar-refractivity contribution in [3.63, 3.8) is 0 Å². The van der Waals surface area contributed by atoms with Crippen LogP contribution in [0.25, 0.3) is 0 Å². The van der Waals surface area contributed by atoms with Gasteiger partial charge in [0, 0.05) is 44.4 Å². The Kier molecular flexibility index (Phi) is 6.36. The van der Waals surface area contributed by atoms with Crippen LogP contribution in [0.15, 0.2) is 54.7 Å². The highest BCUT2D eigenvalue weighted by Crippen LogP contribution is 2.18. The second-order valence-corrected chi connectivity index (χ2v) is 6.67. The van der Waals surface area contributed by atoms with Gasteiger partial charge < -0.3 is 10.2 Å². The monoisotopic (exact) mass is 351 g/mol. The largest absolute Gasteiger partial charge is 0.355 e. The molecule has 0 saturated carbocycles. The second kappa shape index (κ2) is 9.13. The van der Waals surface area contributed by atoms with Crippen molar-refractivity contribution in [3.8, 4) is 0 Å². The summed E-state index contributed by atoms with van der Waals surface area (Å²) in [6.45, 7) is 1.74. The van der Waals surface area contributed by atoms with Crippen molar-refractivity contribution in [1.29, 1.82) is 0 Å². The molecule has 1 aromatic heterocycles. The summed E-state index contributed by atoms with van der Waals surface area (Å²) in [4.78, 5) is 30.7. The van der Waals surface area contributed by atoms with Gasteiger partial charge in [-0.2, -0.15) is 0 Å². The van der Waals surface area contributed by atoms with Crippen LogP contribution in [-0.4, -0.2) is 41.3 Å². The lowest BCUT2D eigenvalue weighted by molar-refractivity contribution is -0.138. The van der Waals surface area contributed by atoms with Crippen molar-refractivity contribution in [2.24, 2.45) is 5.92 Å². The van der Waals surface area contributed by atoms with Gasteiger partial charge in [0.05, 0.1) is 5.92 Å². The molecule has 3 rings (SSSR count). The van der Waals surface area contributed by atoms with E-state index in [9.17, 15) is 9.59 Å². The molecule has 5 heteroatoms. The van der Waals surface area contributed by atoms with Gasteiger partial charge in [-0.05, 0) is 30.5 Å². The lowest BCUT2D eigenvalue weighted by Crippen LogP contribution is -2.46. The SMILES string of the molecule is O=C(NCCc1ccccc1)C1CCC(=O)N(CCc2ccccn2)C1. The molecule has 26 heavy (non-hydrogen) atoms. The van der Waals surface area contributed by atoms with Crippen LogP contribution in [0.1, 0.15) is 24.1 Å². The number of likely N-dealkylation sites (tertiary alicyclic amines) is 1. The van der Waals surface area contributed by atoms with E-state index in [1.807, 2.05) is 36.4 Å². The maximum atomic E-state index is 12.5. The molecule has 2 aromatic rings. The van der Waals surface area contributed by atoms with Crippen molar-refractivity contribution in [1.82, 2.24) is 15.2 Å². The molecule has 1 aromatic carbocycles. The van der Waals surface area contributed by atoms with E-state index in [2.05, 4.69) is 22.4 Å². The highest BCUT2D eigenvalue weighted by atomic mass is 16.2. The first kappa shape index (κ1) is 18.1. The van der Waals surface area contributed by atoms with Crippen molar-refractivity contribution in [2.75, 3.05) is 19.6 Å². The normalized spacial score (nSPS) is 17.2. The highest BCUT2D eigenvalue weighted by Gasteiger charge is 2.29. The zero-order valence-corrected chi connectivity index (χ0v) is 14.9. The molecule has 1 saturated heterocycles. The van der Waals surface area contributed by atoms with Crippen LogP contribution in [-0.2, 0) is 22.4 Å². The summed E-state index contributed by atoms with van der Waals surface area (Å²) in [6, 6.07) is 15.9. The van der Waals surface area contributed by atoms with Gasteiger partial charge >= 0.3 is 0 Å². The van der Waals surface area contributed by atoms with Crippen LogP contribution in [0.4, 0.5) is 0 Å². The van der Waals surface area contributed by atoms with Crippen LogP contribution < -0.4 is 5.32 Å². The summed E-state index contributed by atoms with van der Waals surface area (Å²) in [6.07, 6.45) is 4.38. The Morgan fingerprint density at radius 2 is 1.92 bits per heavy atom. The van der Waals surface area contributed by atoms with Crippen LogP contribution in [0, 0.1) is 5.92 Å². The fraction of sp³-hybridized carbons (Fsp3) is 0.381. The molecule has 2 amide bonds. The third-order valence-corrected chi connectivity index (χ3v) is 4.79. The van der Waals surface area contributed by atoms with Crippen molar-refractivity contribution in [3.05, 3.63) is 66.0 Å². The molecule has 0 bridgehead atoms. The molecule has 1 unspecified atom stereocenters. The van der Waals surface area contributed by atoms with Gasteiger partial charge in [-0.15, -0.1) is 0 Å². The molecule has 1 aliphatic rings. The first-order valence-corrected chi connectivity index (χ1v) is 9.21. The van der Waals surface area contributed by atoms with Gasteiger partial charge in [-0.25, -0.2) is 0 Å². The minimum atomic E-state index is -0.118. The molecule has 0 spiro atoms. The Morgan fingerprint density at radius 3 is 2.69 bits per heavy atom. The summed E-state index contributed by atoms with van der Waals surface area (Å²) in [5.74, 6) is 0.0674. The molecule has 0 aliphatic carbocycles. The Bertz CT molecular complexity index is 719. The zero-order chi connectivity index (χ0) is 18.2. The number of benzene rings is 1. The first-order chi connectivity index (χ1) is 12.7. The first-order valence-electron chi connectivity index (χ1n) is 9.21. The highest BCUT2D eigenvalue weighted by molar-refractivity contribution is 5.83. The van der Waals surface area contributed by atoms with Gasteiger partial charge in [0.15, 0.2) is 0 Å². The number of piperidine rings is 1. The lowest BCUT2D eigenvalue weighted by atomic mass is 9.96. The molecule has 1 atom stereocenters. The topological polar surface area (TPSA) is 62.3 Å². The molecule has 0 radical (unpaired) electrons. The Hall–Kier alpha value is -2.69. The van der Waals surface area contributed by atoms with Crippen molar-refractivity contribution >= 4 is 11.8 Å². The van der Waals surface area contributed by atoms with Crippen molar-refractivity contribution < 1.29 is 9.59 Å². The zero-order valence-electron chi connectivity index (χ0n) is 14.9. The number of aromatic nitrogens is 1. The van der Waals surface area contributed by atoms with Crippen LogP contribution >= 0.6 is 0 Å². The van der Waals surface area contributed by atoms with E-state index in [0.717, 1.165) is 18.5 Å². The van der Waals surface area contributed by atoms with E-state index in [1.165, 1.54) is 5.56 Å². The maximum Gasteiger partial charge on any atom is 0.224 e. The van der Waals surface area contributed by atoms with Gasteiger partial charge in [-0.1, -0.05) is 36.4 Å². The Labute approximate surface area is 154 Å². The van der Waals surface area contributed by atoms with Gasteiger partial charge in [0.25, 0.3) is 0 Å². The predicted octanol–water partition coefficient (Wildman–Crippen LogP) is 2.22. The average molecular weight is 351 g/mol. The van der Waals surface area contributed by atoms with Crippen molar-refractivity contribution in [2.45, 2.75) is 25.7 Å². The van der Waals surface area contributed by atoms with Crippen LogP contribution in [0.3, 0.4) is 0 Å². The summed E-state index contributed by atoms with van der Waals surface area (Å²) in [5, 5.41) is 3.02. The molecule has 1 fully saturated rings. The third-order valence-electron chi connectivity index (χ3n) is 4.79. The average Bonchev–Trinajstić information content (AvgIpc) is 2.69. The van der Waals surface area contributed by atoms with Crippen LogP contribution in [0.5, 0.6) is 0 Å². The molecule has 5 nitrogen and oxygen atoms in total. The minimum Gasteiger partial charge on any atom is -0.355 e. The van der Waals surface area contributed by atoms with Crippen LogP contribution in [0.2, 0.25) is 0 Å². The van der Waals surface area contributed by atoms with Gasteiger partial charge in [-0.3, -0.25) is 14.6 Å². The van der Waals surface area contributed by atoms with E-state index in [-0.39, 0.29) is 17.7 Å². The molecule has 1 N–H and O–H groups in total. The lowest BCUT2D eigenvalue weighted by Gasteiger charge is -2.32. The van der Waals surface area contributed by atoms with Gasteiger partial charge in [0.2, 0.25) is 11.8 Å². The molecular formula is C21H25N3O2. The molecule has 1 aliphatic heterocycles. The number of carbonyl (C=O) groups is 2. The Morgan fingerprint density at radius 1 is 1.12 bits per heavy atom. The number of carbonyl (C=O) groups excluding carboxylic acids is 2. The minimum absolute atomic E-state index is 0.0521. The summed E-state index contributed by atoms with van der Waals surface area (Å²) < 4.78 is 0. The van der Waals surface area contributed by atoms with E-state index in [0.29, 0.717) is 32.5 Å². The quantitative estimate of drug-likeness (QED) is 0.832. The summed E-state index contributed by atoms with van der Waals surface area (Å²) in [7, 11) is 0. The number of hydrogen-bond acceptors (Lipinski definition) is 3. The maximum absolute atomic E-state index is 12.5. The molecular weight excluding hydrogens is 326 g/mol. The smallest absolute Gasteiger partial charge is 0.224 e. The third kappa shape index (κ3) is 5.15. The number of rotatable bonds is 7. The van der Waals surface area contributed by atoms with E-state index in [4.69, 9.17) is 0 Å². The number of hydrogen-bond donors (Lipinski definition) is 1.